The van der Waals surface area contributed by atoms with E-state index in [0.717, 1.165) is 32.4 Å². The van der Waals surface area contributed by atoms with Crippen LogP contribution in [0.15, 0.2) is 0 Å². The Labute approximate surface area is 97.6 Å². The van der Waals surface area contributed by atoms with Gasteiger partial charge in [0.15, 0.2) is 0 Å². The van der Waals surface area contributed by atoms with Gasteiger partial charge in [0.05, 0.1) is 5.92 Å². The van der Waals surface area contributed by atoms with Gasteiger partial charge in [-0.05, 0) is 32.2 Å². The lowest BCUT2D eigenvalue weighted by Crippen LogP contribution is -2.51. The van der Waals surface area contributed by atoms with Crippen molar-refractivity contribution >= 4 is 5.91 Å². The van der Waals surface area contributed by atoms with Crippen molar-refractivity contribution < 1.29 is 4.79 Å². The fraction of sp³-hybridized carbons (Fsp3) is 0.917. The molecule has 4 heteroatoms. The minimum atomic E-state index is 0.173. The first kappa shape index (κ1) is 11.9. The second-order valence-corrected chi connectivity index (χ2v) is 5.11. The van der Waals surface area contributed by atoms with Crippen molar-refractivity contribution in [1.82, 2.24) is 10.2 Å². The Morgan fingerprint density at radius 2 is 2.12 bits per heavy atom. The molecule has 4 nitrogen and oxygen atoms in total. The van der Waals surface area contributed by atoms with E-state index in [1.165, 1.54) is 12.8 Å². The van der Waals surface area contributed by atoms with E-state index >= 15 is 0 Å². The summed E-state index contributed by atoms with van der Waals surface area (Å²) in [5.74, 6) is 0.364. The molecule has 16 heavy (non-hydrogen) atoms. The molecule has 2 rings (SSSR count). The maximum Gasteiger partial charge on any atom is 0.224 e. The SMILES string of the molecule is CNC(=O)C1CCCN(C2CCCC2N)C1. The summed E-state index contributed by atoms with van der Waals surface area (Å²) in [7, 11) is 1.72. The molecular formula is C12H23N3O. The first-order chi connectivity index (χ1) is 7.72. The Balaban J connectivity index is 1.93. The summed E-state index contributed by atoms with van der Waals surface area (Å²) in [6.07, 6.45) is 5.75. The molecular weight excluding hydrogens is 202 g/mol. The Kier molecular flexibility index (Phi) is 3.82. The van der Waals surface area contributed by atoms with Crippen LogP contribution < -0.4 is 11.1 Å². The third-order valence-electron chi connectivity index (χ3n) is 4.07. The van der Waals surface area contributed by atoms with E-state index in [0.29, 0.717) is 12.1 Å². The highest BCUT2D eigenvalue weighted by Gasteiger charge is 2.34. The predicted octanol–water partition coefficient (Wildman–Crippen LogP) is 0.324. The predicted molar refractivity (Wildman–Crippen MR) is 64.0 cm³/mol. The fourth-order valence-corrected chi connectivity index (χ4v) is 3.15. The van der Waals surface area contributed by atoms with Gasteiger partial charge in [-0.15, -0.1) is 0 Å². The highest BCUT2D eigenvalue weighted by atomic mass is 16.1. The smallest absolute Gasteiger partial charge is 0.224 e. The van der Waals surface area contributed by atoms with Crippen molar-refractivity contribution in [2.75, 3.05) is 20.1 Å². The molecule has 1 amide bonds. The second-order valence-electron chi connectivity index (χ2n) is 5.11. The number of piperidine rings is 1. The van der Waals surface area contributed by atoms with Crippen LogP contribution in [0.5, 0.6) is 0 Å². The third kappa shape index (κ3) is 2.38. The molecule has 3 N–H and O–H groups in total. The van der Waals surface area contributed by atoms with Crippen LogP contribution in [-0.4, -0.2) is 43.0 Å². The van der Waals surface area contributed by atoms with E-state index in [1.807, 2.05) is 0 Å². The molecule has 2 fully saturated rings. The zero-order valence-electron chi connectivity index (χ0n) is 10.1. The number of hydrogen-bond acceptors (Lipinski definition) is 3. The van der Waals surface area contributed by atoms with Crippen molar-refractivity contribution in [3.05, 3.63) is 0 Å². The van der Waals surface area contributed by atoms with Crippen molar-refractivity contribution in [2.24, 2.45) is 11.7 Å². The fourth-order valence-electron chi connectivity index (χ4n) is 3.15. The van der Waals surface area contributed by atoms with Crippen LogP contribution >= 0.6 is 0 Å². The molecule has 1 aliphatic carbocycles. The van der Waals surface area contributed by atoms with Gasteiger partial charge in [0.25, 0.3) is 0 Å². The standard InChI is InChI=1S/C12H23N3O/c1-14-12(16)9-4-3-7-15(8-9)11-6-2-5-10(11)13/h9-11H,2-8,13H2,1H3,(H,14,16). The molecule has 3 unspecified atom stereocenters. The molecule has 0 aromatic rings. The van der Waals surface area contributed by atoms with Crippen LogP contribution in [0.2, 0.25) is 0 Å². The summed E-state index contributed by atoms with van der Waals surface area (Å²) in [4.78, 5) is 14.1. The van der Waals surface area contributed by atoms with Gasteiger partial charge < -0.3 is 11.1 Å². The Bertz CT molecular complexity index is 257. The second kappa shape index (κ2) is 5.15. The number of likely N-dealkylation sites (tertiary alicyclic amines) is 1. The lowest BCUT2D eigenvalue weighted by molar-refractivity contribution is -0.126. The van der Waals surface area contributed by atoms with Crippen LogP contribution in [0, 0.1) is 5.92 Å². The monoisotopic (exact) mass is 225 g/mol. The van der Waals surface area contributed by atoms with Crippen LogP contribution in [0.1, 0.15) is 32.1 Å². The first-order valence-electron chi connectivity index (χ1n) is 6.43. The maximum absolute atomic E-state index is 11.6. The molecule has 0 spiro atoms. The lowest BCUT2D eigenvalue weighted by atomic mass is 9.95. The lowest BCUT2D eigenvalue weighted by Gasteiger charge is -2.37. The number of nitrogens with one attached hydrogen (secondary N) is 1. The van der Waals surface area contributed by atoms with Crippen molar-refractivity contribution in [3.8, 4) is 0 Å². The summed E-state index contributed by atoms with van der Waals surface area (Å²) >= 11 is 0. The first-order valence-corrected chi connectivity index (χ1v) is 6.43. The third-order valence-corrected chi connectivity index (χ3v) is 4.07. The van der Waals surface area contributed by atoms with E-state index in [2.05, 4.69) is 10.2 Å². The van der Waals surface area contributed by atoms with Crippen LogP contribution in [0.25, 0.3) is 0 Å². The number of carbonyl (C=O) groups excluding carboxylic acids is 1. The summed E-state index contributed by atoms with van der Waals surface area (Å²) in [6, 6.07) is 0.843. The molecule has 92 valence electrons. The number of nitrogens with two attached hydrogens (primary N) is 1. The van der Waals surface area contributed by atoms with E-state index in [-0.39, 0.29) is 11.8 Å². The zero-order valence-corrected chi connectivity index (χ0v) is 10.1. The van der Waals surface area contributed by atoms with Gasteiger partial charge in [0.2, 0.25) is 5.91 Å². The van der Waals surface area contributed by atoms with Gasteiger partial charge in [0, 0.05) is 25.7 Å². The zero-order chi connectivity index (χ0) is 11.5. The Morgan fingerprint density at radius 3 is 2.75 bits per heavy atom. The molecule has 1 saturated heterocycles. The molecule has 1 heterocycles. The summed E-state index contributed by atoms with van der Waals surface area (Å²) in [5.41, 5.74) is 6.12. The quantitative estimate of drug-likeness (QED) is 0.712. The maximum atomic E-state index is 11.6. The number of nitrogens with zero attached hydrogens (tertiary/aromatic N) is 1. The topological polar surface area (TPSA) is 58.4 Å². The van der Waals surface area contributed by atoms with Crippen molar-refractivity contribution in [2.45, 2.75) is 44.2 Å². The highest BCUT2D eigenvalue weighted by Crippen LogP contribution is 2.27. The molecule has 0 radical (unpaired) electrons. The van der Waals surface area contributed by atoms with Crippen LogP contribution in [0.4, 0.5) is 0 Å². The largest absolute Gasteiger partial charge is 0.359 e. The van der Waals surface area contributed by atoms with E-state index < -0.39 is 0 Å². The van der Waals surface area contributed by atoms with Gasteiger partial charge in [0.1, 0.15) is 0 Å². The normalized spacial score (nSPS) is 36.2. The van der Waals surface area contributed by atoms with Crippen LogP contribution in [0.3, 0.4) is 0 Å². The molecule has 0 bridgehead atoms. The number of rotatable bonds is 2. The number of amides is 1. The van der Waals surface area contributed by atoms with Crippen LogP contribution in [-0.2, 0) is 4.79 Å². The average Bonchev–Trinajstić information content (AvgIpc) is 2.74. The summed E-state index contributed by atoms with van der Waals surface area (Å²) in [6.45, 7) is 2.02. The van der Waals surface area contributed by atoms with Gasteiger partial charge in [-0.25, -0.2) is 0 Å². The van der Waals surface area contributed by atoms with E-state index in [4.69, 9.17) is 5.73 Å². The van der Waals surface area contributed by atoms with E-state index in [1.54, 1.807) is 7.05 Å². The number of hydrogen-bond donors (Lipinski definition) is 2. The minimum Gasteiger partial charge on any atom is -0.359 e. The summed E-state index contributed by atoms with van der Waals surface area (Å²) in [5, 5.41) is 2.76. The van der Waals surface area contributed by atoms with Gasteiger partial charge >= 0.3 is 0 Å². The van der Waals surface area contributed by atoms with Crippen molar-refractivity contribution in [3.63, 3.8) is 0 Å². The molecule has 0 aromatic heterocycles. The number of carbonyl (C=O) groups is 1. The van der Waals surface area contributed by atoms with Gasteiger partial charge in [-0.2, -0.15) is 0 Å². The minimum absolute atomic E-state index is 0.173. The van der Waals surface area contributed by atoms with Gasteiger partial charge in [-0.1, -0.05) is 6.42 Å². The van der Waals surface area contributed by atoms with E-state index in [9.17, 15) is 4.79 Å². The van der Waals surface area contributed by atoms with Crippen molar-refractivity contribution in [1.29, 1.82) is 0 Å². The molecule has 1 aliphatic heterocycles. The molecule has 0 aromatic carbocycles. The molecule has 3 atom stereocenters. The Morgan fingerprint density at radius 1 is 1.31 bits per heavy atom. The average molecular weight is 225 g/mol. The Hall–Kier alpha value is -0.610. The molecule has 2 aliphatic rings. The highest BCUT2D eigenvalue weighted by molar-refractivity contribution is 5.78. The summed E-state index contributed by atoms with van der Waals surface area (Å²) < 4.78 is 0. The molecule has 1 saturated carbocycles. The van der Waals surface area contributed by atoms with Gasteiger partial charge in [-0.3, -0.25) is 9.69 Å².